The van der Waals surface area contributed by atoms with Crippen LogP contribution in [-0.2, 0) is 4.79 Å². The second kappa shape index (κ2) is 9.44. The predicted octanol–water partition coefficient (Wildman–Crippen LogP) is 4.65. The van der Waals surface area contributed by atoms with E-state index in [9.17, 15) is 4.79 Å². The summed E-state index contributed by atoms with van der Waals surface area (Å²) in [6.45, 7) is 6.71. The van der Waals surface area contributed by atoms with Crippen molar-refractivity contribution in [1.82, 2.24) is 10.2 Å². The standard InChI is InChI=1S/C23H29ClN2O2/c1-4-26(5-2)22(16-9-8-10-17(13-16)28-3)15-25-23(27)20-14-19(20)18-11-6-7-12-21(18)24/h6-13,19-20,22H,4-5,14-15H2,1-3H3,(H,25,27). The predicted molar refractivity (Wildman–Crippen MR) is 114 cm³/mol. The number of benzene rings is 2. The van der Waals surface area contributed by atoms with Crippen LogP contribution in [0.15, 0.2) is 48.5 Å². The van der Waals surface area contributed by atoms with Gasteiger partial charge in [-0.05, 0) is 54.8 Å². The SMILES string of the molecule is CCN(CC)C(CNC(=O)C1CC1c1ccccc1Cl)c1cccc(OC)c1. The Morgan fingerprint density at radius 1 is 1.21 bits per heavy atom. The molecule has 1 N–H and O–H groups in total. The Bertz CT molecular complexity index is 807. The van der Waals surface area contributed by atoms with E-state index in [2.05, 4.69) is 36.2 Å². The van der Waals surface area contributed by atoms with Gasteiger partial charge < -0.3 is 10.1 Å². The first-order valence-corrected chi connectivity index (χ1v) is 10.4. The number of hydrogen-bond donors (Lipinski definition) is 1. The summed E-state index contributed by atoms with van der Waals surface area (Å²) in [6, 6.07) is 16.0. The molecule has 3 rings (SSSR count). The molecule has 0 saturated heterocycles. The molecule has 1 fully saturated rings. The maximum Gasteiger partial charge on any atom is 0.223 e. The summed E-state index contributed by atoms with van der Waals surface area (Å²) in [5.74, 6) is 1.20. The molecule has 0 aromatic heterocycles. The second-order valence-corrected chi connectivity index (χ2v) is 7.64. The molecule has 3 unspecified atom stereocenters. The molecule has 28 heavy (non-hydrogen) atoms. The van der Waals surface area contributed by atoms with E-state index in [1.54, 1.807) is 7.11 Å². The van der Waals surface area contributed by atoms with Crippen LogP contribution in [-0.4, -0.2) is 37.6 Å². The topological polar surface area (TPSA) is 41.6 Å². The van der Waals surface area contributed by atoms with Crippen LogP contribution in [0, 0.1) is 5.92 Å². The molecule has 4 nitrogen and oxygen atoms in total. The third kappa shape index (κ3) is 4.68. The smallest absolute Gasteiger partial charge is 0.223 e. The van der Waals surface area contributed by atoms with Gasteiger partial charge >= 0.3 is 0 Å². The summed E-state index contributed by atoms with van der Waals surface area (Å²) in [5, 5.41) is 3.93. The fraction of sp³-hybridized carbons (Fsp3) is 0.435. The van der Waals surface area contributed by atoms with Gasteiger partial charge in [0.25, 0.3) is 0 Å². The molecule has 0 heterocycles. The molecule has 0 bridgehead atoms. The lowest BCUT2D eigenvalue weighted by atomic mass is 10.0. The molecule has 0 spiro atoms. The highest BCUT2D eigenvalue weighted by Crippen LogP contribution is 2.49. The molecule has 1 aliphatic carbocycles. The van der Waals surface area contributed by atoms with E-state index < -0.39 is 0 Å². The van der Waals surface area contributed by atoms with Gasteiger partial charge in [0.05, 0.1) is 13.2 Å². The average molecular weight is 401 g/mol. The first-order valence-electron chi connectivity index (χ1n) is 9.99. The zero-order valence-corrected chi connectivity index (χ0v) is 17.6. The molecule has 0 aliphatic heterocycles. The average Bonchev–Trinajstić information content (AvgIpc) is 3.52. The summed E-state index contributed by atoms with van der Waals surface area (Å²) >= 11 is 6.29. The number of rotatable bonds is 9. The maximum atomic E-state index is 12.8. The molecule has 2 aromatic carbocycles. The summed E-state index contributed by atoms with van der Waals surface area (Å²) in [7, 11) is 1.68. The fourth-order valence-corrected chi connectivity index (χ4v) is 4.18. The minimum atomic E-state index is 0.0163. The van der Waals surface area contributed by atoms with E-state index in [0.29, 0.717) is 6.54 Å². The van der Waals surface area contributed by atoms with E-state index in [1.807, 2.05) is 36.4 Å². The lowest BCUT2D eigenvalue weighted by Crippen LogP contribution is -2.38. The molecule has 0 radical (unpaired) electrons. The Kier molecular flexibility index (Phi) is 6.97. The first-order chi connectivity index (χ1) is 13.6. The number of hydrogen-bond acceptors (Lipinski definition) is 3. The van der Waals surface area contributed by atoms with Crippen molar-refractivity contribution in [1.29, 1.82) is 0 Å². The van der Waals surface area contributed by atoms with Gasteiger partial charge in [0.1, 0.15) is 5.75 Å². The normalized spacial score (nSPS) is 19.3. The van der Waals surface area contributed by atoms with Crippen LogP contribution in [0.4, 0.5) is 0 Å². The number of carbonyl (C=O) groups excluding carboxylic acids is 1. The summed E-state index contributed by atoms with van der Waals surface area (Å²) in [5.41, 5.74) is 2.24. The van der Waals surface area contributed by atoms with Crippen LogP contribution in [0.5, 0.6) is 5.75 Å². The van der Waals surface area contributed by atoms with Crippen molar-refractivity contribution in [2.75, 3.05) is 26.7 Å². The maximum absolute atomic E-state index is 12.8. The van der Waals surface area contributed by atoms with E-state index in [1.165, 1.54) is 0 Å². The number of carbonyl (C=O) groups is 1. The van der Waals surface area contributed by atoms with Gasteiger partial charge in [-0.15, -0.1) is 0 Å². The Morgan fingerprint density at radius 3 is 2.64 bits per heavy atom. The first kappa shape index (κ1) is 20.7. The van der Waals surface area contributed by atoms with Gasteiger partial charge in [0.15, 0.2) is 0 Å². The van der Waals surface area contributed by atoms with Gasteiger partial charge in [-0.2, -0.15) is 0 Å². The Morgan fingerprint density at radius 2 is 1.96 bits per heavy atom. The molecular weight excluding hydrogens is 372 g/mol. The van der Waals surface area contributed by atoms with Crippen molar-refractivity contribution < 1.29 is 9.53 Å². The van der Waals surface area contributed by atoms with Crippen LogP contribution >= 0.6 is 11.6 Å². The summed E-state index contributed by atoms with van der Waals surface area (Å²) in [4.78, 5) is 15.1. The number of methoxy groups -OCH3 is 1. The number of halogens is 1. The van der Waals surface area contributed by atoms with Gasteiger partial charge in [-0.25, -0.2) is 0 Å². The van der Waals surface area contributed by atoms with E-state index >= 15 is 0 Å². The van der Waals surface area contributed by atoms with Crippen LogP contribution in [0.3, 0.4) is 0 Å². The van der Waals surface area contributed by atoms with Crippen LogP contribution < -0.4 is 10.1 Å². The van der Waals surface area contributed by atoms with Crippen LogP contribution in [0.1, 0.15) is 43.4 Å². The van der Waals surface area contributed by atoms with E-state index in [0.717, 1.165) is 41.4 Å². The molecule has 2 aromatic rings. The highest BCUT2D eigenvalue weighted by Gasteiger charge is 2.44. The highest BCUT2D eigenvalue weighted by atomic mass is 35.5. The zero-order valence-electron chi connectivity index (χ0n) is 16.8. The number of amides is 1. The molecule has 1 saturated carbocycles. The van der Waals surface area contributed by atoms with Crippen molar-refractivity contribution in [3.8, 4) is 5.75 Å². The second-order valence-electron chi connectivity index (χ2n) is 7.23. The Balaban J connectivity index is 1.67. The molecule has 3 atom stereocenters. The fourth-order valence-electron chi connectivity index (χ4n) is 3.90. The van der Waals surface area contributed by atoms with Crippen molar-refractivity contribution >= 4 is 17.5 Å². The van der Waals surface area contributed by atoms with Crippen LogP contribution in [0.2, 0.25) is 5.02 Å². The number of nitrogens with one attached hydrogen (secondary N) is 1. The molecule has 1 amide bonds. The minimum Gasteiger partial charge on any atom is -0.497 e. The lowest BCUT2D eigenvalue weighted by Gasteiger charge is -2.30. The van der Waals surface area contributed by atoms with E-state index in [-0.39, 0.29) is 23.8 Å². The molecule has 150 valence electrons. The Hall–Kier alpha value is -2.04. The largest absolute Gasteiger partial charge is 0.497 e. The van der Waals surface area contributed by atoms with Gasteiger partial charge in [-0.3, -0.25) is 9.69 Å². The molecule has 1 aliphatic rings. The minimum absolute atomic E-state index is 0.0163. The third-order valence-electron chi connectivity index (χ3n) is 5.63. The quantitative estimate of drug-likeness (QED) is 0.666. The monoisotopic (exact) mass is 400 g/mol. The number of ether oxygens (including phenoxy) is 1. The van der Waals surface area contributed by atoms with Crippen molar-refractivity contribution in [3.63, 3.8) is 0 Å². The van der Waals surface area contributed by atoms with Crippen molar-refractivity contribution in [2.45, 2.75) is 32.2 Å². The van der Waals surface area contributed by atoms with Crippen LogP contribution in [0.25, 0.3) is 0 Å². The molecule has 5 heteroatoms. The van der Waals surface area contributed by atoms with Gasteiger partial charge in [0.2, 0.25) is 5.91 Å². The van der Waals surface area contributed by atoms with Gasteiger partial charge in [0, 0.05) is 17.5 Å². The summed E-state index contributed by atoms with van der Waals surface area (Å²) < 4.78 is 5.38. The number of likely N-dealkylation sites (N-methyl/N-ethyl adjacent to an activating group) is 1. The van der Waals surface area contributed by atoms with Gasteiger partial charge in [-0.1, -0.05) is 55.8 Å². The third-order valence-corrected chi connectivity index (χ3v) is 5.98. The van der Waals surface area contributed by atoms with Crippen molar-refractivity contribution in [2.24, 2.45) is 5.92 Å². The number of nitrogens with zero attached hydrogens (tertiary/aromatic N) is 1. The van der Waals surface area contributed by atoms with Crippen molar-refractivity contribution in [3.05, 3.63) is 64.7 Å². The van der Waals surface area contributed by atoms with E-state index in [4.69, 9.17) is 16.3 Å². The highest BCUT2D eigenvalue weighted by molar-refractivity contribution is 6.31. The Labute approximate surface area is 172 Å². The summed E-state index contributed by atoms with van der Waals surface area (Å²) in [6.07, 6.45) is 0.866. The zero-order chi connectivity index (χ0) is 20.1. The molecular formula is C23H29ClN2O2. The lowest BCUT2D eigenvalue weighted by molar-refractivity contribution is -0.122.